The van der Waals surface area contributed by atoms with Crippen molar-refractivity contribution in [1.82, 2.24) is 0 Å². The van der Waals surface area contributed by atoms with Crippen LogP contribution in [0.1, 0.15) is 39.1 Å². The van der Waals surface area contributed by atoms with Gasteiger partial charge in [-0.15, -0.1) is 0 Å². The van der Waals surface area contributed by atoms with Crippen LogP contribution in [0.4, 0.5) is 4.39 Å². The third-order valence-corrected chi connectivity index (χ3v) is 4.58. The molecule has 0 radical (unpaired) electrons. The largest absolute Gasteiger partial charge is 0.293 e. The van der Waals surface area contributed by atoms with Crippen molar-refractivity contribution in [2.75, 3.05) is 0 Å². The lowest BCUT2D eigenvalue weighted by Crippen LogP contribution is -2.29. The van der Waals surface area contributed by atoms with Gasteiger partial charge in [-0.1, -0.05) is 79.7 Å². The third kappa shape index (κ3) is 3.77. The SMILES string of the molecule is CC(c1ccc(F)cc1)C(C(=O)c1ccccc1)C(=O)c1ccccc1. The monoisotopic (exact) mass is 346 g/mol. The molecule has 3 heteroatoms. The average Bonchev–Trinajstić information content (AvgIpc) is 2.69. The van der Waals surface area contributed by atoms with Crippen molar-refractivity contribution in [1.29, 1.82) is 0 Å². The number of carbonyl (C=O) groups excluding carboxylic acids is 2. The average molecular weight is 346 g/mol. The highest BCUT2D eigenvalue weighted by atomic mass is 19.1. The van der Waals surface area contributed by atoms with Crippen LogP contribution < -0.4 is 0 Å². The van der Waals surface area contributed by atoms with Crippen LogP contribution in [0, 0.1) is 11.7 Å². The fraction of sp³-hybridized carbons (Fsp3) is 0.130. The molecule has 26 heavy (non-hydrogen) atoms. The first kappa shape index (κ1) is 17.7. The second-order valence-corrected chi connectivity index (χ2v) is 6.28. The van der Waals surface area contributed by atoms with E-state index in [4.69, 9.17) is 0 Å². The number of ketones is 2. The van der Waals surface area contributed by atoms with E-state index in [0.717, 1.165) is 5.56 Å². The maximum Gasteiger partial charge on any atom is 0.174 e. The van der Waals surface area contributed by atoms with Crippen molar-refractivity contribution in [3.8, 4) is 0 Å². The van der Waals surface area contributed by atoms with Crippen LogP contribution >= 0.6 is 0 Å². The lowest BCUT2D eigenvalue weighted by molar-refractivity contribution is 0.0787. The van der Waals surface area contributed by atoms with Crippen LogP contribution in [0.5, 0.6) is 0 Å². The molecular formula is C23H19FO2. The molecule has 0 saturated carbocycles. The molecule has 0 spiro atoms. The zero-order chi connectivity index (χ0) is 18.5. The van der Waals surface area contributed by atoms with Crippen LogP contribution in [0.3, 0.4) is 0 Å². The second kappa shape index (κ2) is 7.87. The summed E-state index contributed by atoms with van der Waals surface area (Å²) in [4.78, 5) is 26.3. The van der Waals surface area contributed by atoms with E-state index in [2.05, 4.69) is 0 Å². The molecule has 1 unspecified atom stereocenters. The molecule has 0 aromatic heterocycles. The standard InChI is InChI=1S/C23H19FO2/c1-16(17-12-14-20(24)15-13-17)21(22(25)18-8-4-2-5-9-18)23(26)19-10-6-3-7-11-19/h2-16,21H,1H3. The van der Waals surface area contributed by atoms with E-state index >= 15 is 0 Å². The highest BCUT2D eigenvalue weighted by Crippen LogP contribution is 2.30. The van der Waals surface area contributed by atoms with Crippen molar-refractivity contribution in [2.45, 2.75) is 12.8 Å². The van der Waals surface area contributed by atoms with Crippen molar-refractivity contribution in [3.63, 3.8) is 0 Å². The number of halogens is 1. The van der Waals surface area contributed by atoms with Gasteiger partial charge in [0.25, 0.3) is 0 Å². The van der Waals surface area contributed by atoms with E-state index in [1.165, 1.54) is 12.1 Å². The Hall–Kier alpha value is -3.07. The molecule has 0 heterocycles. The van der Waals surface area contributed by atoms with Gasteiger partial charge in [0.15, 0.2) is 11.6 Å². The first-order valence-corrected chi connectivity index (χ1v) is 8.52. The van der Waals surface area contributed by atoms with Crippen molar-refractivity contribution >= 4 is 11.6 Å². The molecule has 2 nitrogen and oxygen atoms in total. The molecule has 130 valence electrons. The van der Waals surface area contributed by atoms with Gasteiger partial charge in [-0.2, -0.15) is 0 Å². The molecule has 0 fully saturated rings. The highest BCUT2D eigenvalue weighted by molar-refractivity contribution is 6.16. The molecule has 0 saturated heterocycles. The third-order valence-electron chi connectivity index (χ3n) is 4.58. The summed E-state index contributed by atoms with van der Waals surface area (Å²) in [5.74, 6) is -2.05. The maximum atomic E-state index is 13.3. The van der Waals surface area contributed by atoms with Gasteiger partial charge in [0.05, 0.1) is 5.92 Å². The Morgan fingerprint density at radius 3 is 1.54 bits per heavy atom. The Bertz CT molecular complexity index is 835. The minimum Gasteiger partial charge on any atom is -0.293 e. The van der Waals surface area contributed by atoms with E-state index in [1.54, 1.807) is 60.7 Å². The number of benzene rings is 3. The summed E-state index contributed by atoms with van der Waals surface area (Å²) in [5, 5.41) is 0. The first-order chi connectivity index (χ1) is 12.6. The van der Waals surface area contributed by atoms with E-state index in [0.29, 0.717) is 11.1 Å². The van der Waals surface area contributed by atoms with Crippen molar-refractivity contribution in [3.05, 3.63) is 107 Å². The van der Waals surface area contributed by atoms with E-state index < -0.39 is 5.92 Å². The Morgan fingerprint density at radius 1 is 0.692 bits per heavy atom. The van der Waals surface area contributed by atoms with Gasteiger partial charge in [-0.25, -0.2) is 4.39 Å². The molecule has 0 aliphatic carbocycles. The number of hydrogen-bond acceptors (Lipinski definition) is 2. The zero-order valence-electron chi connectivity index (χ0n) is 14.4. The minimum absolute atomic E-state index is 0.226. The molecule has 3 aromatic rings. The number of Topliss-reactive ketones (excluding diaryl/α,β-unsaturated/α-hetero) is 2. The molecule has 1 atom stereocenters. The Balaban J connectivity index is 2.02. The van der Waals surface area contributed by atoms with Gasteiger partial charge in [-0.05, 0) is 23.6 Å². The predicted molar refractivity (Wildman–Crippen MR) is 99.9 cm³/mol. The summed E-state index contributed by atoms with van der Waals surface area (Å²) in [6.07, 6.45) is 0. The highest BCUT2D eigenvalue weighted by Gasteiger charge is 2.34. The Labute approximate surface area is 152 Å². The maximum absolute atomic E-state index is 13.3. The lowest BCUT2D eigenvalue weighted by atomic mass is 9.78. The van der Waals surface area contributed by atoms with Gasteiger partial charge in [0.2, 0.25) is 0 Å². The molecule has 3 aromatic carbocycles. The van der Waals surface area contributed by atoms with E-state index in [1.807, 2.05) is 19.1 Å². The smallest absolute Gasteiger partial charge is 0.174 e. The number of carbonyl (C=O) groups is 2. The molecule has 0 N–H and O–H groups in total. The van der Waals surface area contributed by atoms with Crippen LogP contribution in [-0.2, 0) is 0 Å². The molecular weight excluding hydrogens is 327 g/mol. The fourth-order valence-corrected chi connectivity index (χ4v) is 3.10. The molecule has 0 aliphatic heterocycles. The van der Waals surface area contributed by atoms with E-state index in [9.17, 15) is 14.0 Å². The van der Waals surface area contributed by atoms with Gasteiger partial charge in [0, 0.05) is 11.1 Å². The van der Waals surface area contributed by atoms with Crippen LogP contribution in [-0.4, -0.2) is 11.6 Å². The fourth-order valence-electron chi connectivity index (χ4n) is 3.10. The lowest BCUT2D eigenvalue weighted by Gasteiger charge is -2.22. The summed E-state index contributed by atoms with van der Waals surface area (Å²) >= 11 is 0. The summed E-state index contributed by atoms with van der Waals surface area (Å²) in [7, 11) is 0. The predicted octanol–water partition coefficient (Wildman–Crippen LogP) is 5.31. The summed E-state index contributed by atoms with van der Waals surface area (Å²) in [6.45, 7) is 1.83. The molecule has 0 bridgehead atoms. The topological polar surface area (TPSA) is 34.1 Å². The van der Waals surface area contributed by atoms with Gasteiger partial charge in [0.1, 0.15) is 5.82 Å². The summed E-state index contributed by atoms with van der Waals surface area (Å²) < 4.78 is 13.3. The summed E-state index contributed by atoms with van der Waals surface area (Å²) in [5.41, 5.74) is 1.75. The quantitative estimate of drug-likeness (QED) is 0.448. The molecule has 0 aliphatic rings. The second-order valence-electron chi connectivity index (χ2n) is 6.28. The van der Waals surface area contributed by atoms with Crippen LogP contribution in [0.15, 0.2) is 84.9 Å². The minimum atomic E-state index is -0.870. The van der Waals surface area contributed by atoms with Crippen LogP contribution in [0.25, 0.3) is 0 Å². The molecule has 0 amide bonds. The van der Waals surface area contributed by atoms with Gasteiger partial charge >= 0.3 is 0 Å². The van der Waals surface area contributed by atoms with Gasteiger partial charge in [-0.3, -0.25) is 9.59 Å². The number of rotatable bonds is 6. The normalized spacial score (nSPS) is 12.0. The Morgan fingerprint density at radius 2 is 1.12 bits per heavy atom. The Kier molecular flexibility index (Phi) is 5.37. The van der Waals surface area contributed by atoms with Gasteiger partial charge < -0.3 is 0 Å². The van der Waals surface area contributed by atoms with E-state index in [-0.39, 0.29) is 23.3 Å². The van der Waals surface area contributed by atoms with Crippen molar-refractivity contribution in [2.24, 2.45) is 5.92 Å². The van der Waals surface area contributed by atoms with Crippen LogP contribution in [0.2, 0.25) is 0 Å². The van der Waals surface area contributed by atoms with Crippen molar-refractivity contribution < 1.29 is 14.0 Å². The zero-order valence-corrected chi connectivity index (χ0v) is 14.4. The molecule has 3 rings (SSSR count). The first-order valence-electron chi connectivity index (χ1n) is 8.52. The summed E-state index contributed by atoms with van der Waals surface area (Å²) in [6, 6.07) is 23.6. The number of hydrogen-bond donors (Lipinski definition) is 0.